The zero-order valence-corrected chi connectivity index (χ0v) is 12.8. The summed E-state index contributed by atoms with van der Waals surface area (Å²) in [5.74, 6) is 0. The number of aryl methyl sites for hydroxylation is 2. The molecule has 1 aliphatic rings. The Morgan fingerprint density at radius 1 is 1.21 bits per heavy atom. The van der Waals surface area contributed by atoms with Gasteiger partial charge in [0.05, 0.1) is 12.7 Å². The zero-order chi connectivity index (χ0) is 13.8. The van der Waals surface area contributed by atoms with E-state index in [4.69, 9.17) is 4.74 Å². The van der Waals surface area contributed by atoms with Crippen LogP contribution in [0.3, 0.4) is 0 Å². The molecule has 1 unspecified atom stereocenters. The molecule has 0 aliphatic carbocycles. The van der Waals surface area contributed by atoms with Gasteiger partial charge in [0.25, 0.3) is 0 Å². The normalized spacial score (nSPS) is 20.4. The number of hydrogen-bond acceptors (Lipinski definition) is 2. The van der Waals surface area contributed by atoms with E-state index in [2.05, 4.69) is 50.8 Å². The van der Waals surface area contributed by atoms with Gasteiger partial charge < -0.3 is 4.74 Å². The van der Waals surface area contributed by atoms with Crippen molar-refractivity contribution in [2.45, 2.75) is 52.7 Å². The van der Waals surface area contributed by atoms with Crippen LogP contribution in [0.2, 0.25) is 0 Å². The molecule has 0 spiro atoms. The van der Waals surface area contributed by atoms with Gasteiger partial charge in [-0.1, -0.05) is 29.3 Å². The van der Waals surface area contributed by atoms with E-state index in [1.54, 1.807) is 0 Å². The molecule has 0 amide bonds. The maximum Gasteiger partial charge on any atom is 0.0597 e. The summed E-state index contributed by atoms with van der Waals surface area (Å²) >= 11 is 0. The van der Waals surface area contributed by atoms with Crippen LogP contribution >= 0.6 is 0 Å². The predicted molar refractivity (Wildman–Crippen MR) is 80.6 cm³/mol. The van der Waals surface area contributed by atoms with Crippen molar-refractivity contribution < 1.29 is 4.74 Å². The van der Waals surface area contributed by atoms with Crippen molar-refractivity contribution in [2.75, 3.05) is 19.7 Å². The smallest absolute Gasteiger partial charge is 0.0597 e. The Bertz CT molecular complexity index is 393. The molecule has 1 aromatic carbocycles. The van der Waals surface area contributed by atoms with Gasteiger partial charge in [0.15, 0.2) is 0 Å². The molecule has 2 heteroatoms. The summed E-state index contributed by atoms with van der Waals surface area (Å²) in [4.78, 5) is 2.58. The van der Waals surface area contributed by atoms with Crippen LogP contribution in [0.25, 0.3) is 0 Å². The summed E-state index contributed by atoms with van der Waals surface area (Å²) in [7, 11) is 0. The Kier molecular flexibility index (Phi) is 5.00. The molecular formula is C17H27NO. The van der Waals surface area contributed by atoms with Crippen LogP contribution in [-0.2, 0) is 4.74 Å². The average molecular weight is 261 g/mol. The summed E-state index contributed by atoms with van der Waals surface area (Å²) in [6.45, 7) is 11.7. The summed E-state index contributed by atoms with van der Waals surface area (Å²) in [5, 5.41) is 0. The molecule has 0 radical (unpaired) electrons. The minimum absolute atomic E-state index is 0.335. The number of likely N-dealkylation sites (tertiary alicyclic amines) is 1. The number of hydrogen-bond donors (Lipinski definition) is 0. The number of ether oxygens (including phenoxy) is 1. The molecule has 0 saturated carbocycles. The lowest BCUT2D eigenvalue weighted by Crippen LogP contribution is -2.28. The molecule has 1 saturated heterocycles. The Hall–Kier alpha value is -0.860. The van der Waals surface area contributed by atoms with E-state index in [0.717, 1.165) is 13.2 Å². The van der Waals surface area contributed by atoms with Crippen molar-refractivity contribution in [3.05, 3.63) is 34.9 Å². The first-order chi connectivity index (χ1) is 9.06. The lowest BCUT2D eigenvalue weighted by Gasteiger charge is -2.25. The van der Waals surface area contributed by atoms with E-state index < -0.39 is 0 Å². The van der Waals surface area contributed by atoms with Gasteiger partial charge in [-0.25, -0.2) is 0 Å². The second-order valence-corrected chi connectivity index (χ2v) is 6.03. The molecule has 106 valence electrons. The van der Waals surface area contributed by atoms with Gasteiger partial charge in [0.1, 0.15) is 0 Å². The van der Waals surface area contributed by atoms with E-state index in [1.165, 1.54) is 36.1 Å². The predicted octanol–water partition coefficient (Wildman–Crippen LogP) is 3.87. The van der Waals surface area contributed by atoms with Crippen molar-refractivity contribution in [3.63, 3.8) is 0 Å². The highest BCUT2D eigenvalue weighted by atomic mass is 16.5. The van der Waals surface area contributed by atoms with Crippen LogP contribution in [0.15, 0.2) is 18.2 Å². The molecule has 1 atom stereocenters. The second-order valence-electron chi connectivity index (χ2n) is 6.03. The highest BCUT2D eigenvalue weighted by Gasteiger charge is 2.25. The molecule has 0 N–H and O–H groups in total. The first-order valence-electron chi connectivity index (χ1n) is 7.50. The fraction of sp³-hybridized carbons (Fsp3) is 0.647. The molecule has 0 aromatic heterocycles. The largest absolute Gasteiger partial charge is 0.377 e. The Morgan fingerprint density at radius 2 is 1.89 bits per heavy atom. The third-order valence-corrected chi connectivity index (χ3v) is 3.82. The van der Waals surface area contributed by atoms with Gasteiger partial charge >= 0.3 is 0 Å². The van der Waals surface area contributed by atoms with Gasteiger partial charge in [-0.2, -0.15) is 0 Å². The first kappa shape index (κ1) is 14.5. The van der Waals surface area contributed by atoms with Gasteiger partial charge in [0, 0.05) is 12.6 Å². The molecule has 19 heavy (non-hydrogen) atoms. The van der Waals surface area contributed by atoms with Gasteiger partial charge in [0.2, 0.25) is 0 Å². The Morgan fingerprint density at radius 3 is 2.53 bits per heavy atom. The van der Waals surface area contributed by atoms with E-state index in [1.807, 2.05) is 0 Å². The SMILES string of the molecule is Cc1cc(C)cc(C2CCCN2CCOC(C)C)c1. The van der Waals surface area contributed by atoms with Crippen molar-refractivity contribution in [2.24, 2.45) is 0 Å². The third-order valence-electron chi connectivity index (χ3n) is 3.82. The summed E-state index contributed by atoms with van der Waals surface area (Å²) in [6.07, 6.45) is 2.92. The Labute approximate surface area is 117 Å². The van der Waals surface area contributed by atoms with Crippen molar-refractivity contribution in [3.8, 4) is 0 Å². The molecule has 1 aliphatic heterocycles. The highest BCUT2D eigenvalue weighted by Crippen LogP contribution is 2.32. The van der Waals surface area contributed by atoms with Crippen LogP contribution in [0.1, 0.15) is 49.4 Å². The van der Waals surface area contributed by atoms with E-state index in [0.29, 0.717) is 12.1 Å². The van der Waals surface area contributed by atoms with Crippen LogP contribution in [-0.4, -0.2) is 30.7 Å². The average Bonchev–Trinajstić information content (AvgIpc) is 2.75. The fourth-order valence-electron chi connectivity index (χ4n) is 3.08. The van der Waals surface area contributed by atoms with Crippen molar-refractivity contribution in [1.29, 1.82) is 0 Å². The standard InChI is InChI=1S/C17H27NO/c1-13(2)19-9-8-18-7-5-6-17(18)16-11-14(3)10-15(4)12-16/h10-13,17H,5-9H2,1-4H3. The molecular weight excluding hydrogens is 234 g/mol. The number of nitrogens with zero attached hydrogens (tertiary/aromatic N) is 1. The number of benzene rings is 1. The zero-order valence-electron chi connectivity index (χ0n) is 12.8. The van der Waals surface area contributed by atoms with E-state index >= 15 is 0 Å². The fourth-order valence-corrected chi connectivity index (χ4v) is 3.08. The van der Waals surface area contributed by atoms with Crippen LogP contribution < -0.4 is 0 Å². The van der Waals surface area contributed by atoms with E-state index in [-0.39, 0.29) is 0 Å². The highest BCUT2D eigenvalue weighted by molar-refractivity contribution is 5.31. The van der Waals surface area contributed by atoms with Gasteiger partial charge in [-0.15, -0.1) is 0 Å². The minimum atomic E-state index is 0.335. The topological polar surface area (TPSA) is 12.5 Å². The van der Waals surface area contributed by atoms with Crippen LogP contribution in [0.5, 0.6) is 0 Å². The van der Waals surface area contributed by atoms with Crippen molar-refractivity contribution >= 4 is 0 Å². The quantitative estimate of drug-likeness (QED) is 0.798. The maximum atomic E-state index is 5.69. The maximum absolute atomic E-state index is 5.69. The number of rotatable bonds is 5. The third kappa shape index (κ3) is 4.05. The molecule has 1 fully saturated rings. The van der Waals surface area contributed by atoms with Crippen LogP contribution in [0, 0.1) is 13.8 Å². The van der Waals surface area contributed by atoms with Gasteiger partial charge in [-0.3, -0.25) is 4.90 Å². The summed E-state index contributed by atoms with van der Waals surface area (Å²) < 4.78 is 5.69. The lowest BCUT2D eigenvalue weighted by atomic mass is 10.00. The molecule has 1 aromatic rings. The lowest BCUT2D eigenvalue weighted by molar-refractivity contribution is 0.0563. The second kappa shape index (κ2) is 6.53. The van der Waals surface area contributed by atoms with Crippen LogP contribution in [0.4, 0.5) is 0 Å². The monoisotopic (exact) mass is 261 g/mol. The summed E-state index contributed by atoms with van der Waals surface area (Å²) in [5.41, 5.74) is 4.24. The van der Waals surface area contributed by atoms with E-state index in [9.17, 15) is 0 Å². The minimum Gasteiger partial charge on any atom is -0.377 e. The first-order valence-corrected chi connectivity index (χ1v) is 7.50. The molecule has 0 bridgehead atoms. The Balaban J connectivity index is 2.01. The molecule has 2 rings (SSSR count). The molecule has 2 nitrogen and oxygen atoms in total. The summed E-state index contributed by atoms with van der Waals surface area (Å²) in [6, 6.07) is 7.54. The molecule has 1 heterocycles. The van der Waals surface area contributed by atoms with Gasteiger partial charge in [-0.05, 0) is 52.6 Å². The van der Waals surface area contributed by atoms with Crippen molar-refractivity contribution in [1.82, 2.24) is 4.90 Å².